The third-order valence-electron chi connectivity index (χ3n) is 3.77. The van der Waals surface area contributed by atoms with Crippen LogP contribution in [0, 0.1) is 5.82 Å². The topological polar surface area (TPSA) is 20.3 Å². The van der Waals surface area contributed by atoms with E-state index in [1.165, 1.54) is 17.7 Å². The smallest absolute Gasteiger partial charge is 0.222 e. The molecule has 0 fully saturated rings. The van der Waals surface area contributed by atoms with E-state index in [2.05, 4.69) is 12.1 Å². The standard InChI is InChI=1S/C19H22FNO/c1-21(15-14-17-10-12-18(20)13-11-17)19(22)9-5-8-16-6-3-2-4-7-16/h2-4,6-7,10-13H,5,8-9,14-15H2,1H3. The molecule has 0 atom stereocenters. The summed E-state index contributed by atoms with van der Waals surface area (Å²) in [6.07, 6.45) is 3.11. The molecule has 0 aliphatic rings. The molecule has 2 nitrogen and oxygen atoms in total. The summed E-state index contributed by atoms with van der Waals surface area (Å²) in [5.74, 6) is -0.0628. The largest absolute Gasteiger partial charge is 0.345 e. The first-order valence-electron chi connectivity index (χ1n) is 7.67. The summed E-state index contributed by atoms with van der Waals surface area (Å²) < 4.78 is 12.8. The number of hydrogen-bond acceptors (Lipinski definition) is 1. The number of amides is 1. The highest BCUT2D eigenvalue weighted by atomic mass is 19.1. The van der Waals surface area contributed by atoms with Crippen LogP contribution in [-0.4, -0.2) is 24.4 Å². The van der Waals surface area contributed by atoms with Gasteiger partial charge in [-0.05, 0) is 42.5 Å². The number of halogens is 1. The van der Waals surface area contributed by atoms with Crippen molar-refractivity contribution in [3.63, 3.8) is 0 Å². The fourth-order valence-electron chi connectivity index (χ4n) is 2.35. The maximum atomic E-state index is 12.8. The Bertz CT molecular complexity index is 580. The fraction of sp³-hybridized carbons (Fsp3) is 0.316. The molecular formula is C19H22FNO. The molecule has 2 aromatic rings. The second-order valence-corrected chi connectivity index (χ2v) is 5.53. The maximum absolute atomic E-state index is 12.8. The van der Waals surface area contributed by atoms with Crippen LogP contribution in [-0.2, 0) is 17.6 Å². The van der Waals surface area contributed by atoms with Crippen LogP contribution in [0.5, 0.6) is 0 Å². The van der Waals surface area contributed by atoms with Crippen LogP contribution >= 0.6 is 0 Å². The third kappa shape index (κ3) is 5.32. The van der Waals surface area contributed by atoms with Crippen LogP contribution in [0.3, 0.4) is 0 Å². The molecule has 0 unspecified atom stereocenters. The first kappa shape index (κ1) is 16.2. The van der Waals surface area contributed by atoms with Crippen LogP contribution in [0.1, 0.15) is 24.0 Å². The predicted molar refractivity (Wildman–Crippen MR) is 87.1 cm³/mol. The van der Waals surface area contributed by atoms with E-state index >= 15 is 0 Å². The molecule has 0 N–H and O–H groups in total. The predicted octanol–water partition coefficient (Wildman–Crippen LogP) is 3.85. The summed E-state index contributed by atoms with van der Waals surface area (Å²) in [4.78, 5) is 13.8. The number of benzene rings is 2. The Balaban J connectivity index is 1.69. The molecule has 0 bridgehead atoms. The Hall–Kier alpha value is -2.16. The number of aryl methyl sites for hydroxylation is 1. The summed E-state index contributed by atoms with van der Waals surface area (Å²) in [6.45, 7) is 0.663. The van der Waals surface area contributed by atoms with Gasteiger partial charge in [0.1, 0.15) is 5.82 Å². The zero-order chi connectivity index (χ0) is 15.8. The first-order valence-corrected chi connectivity index (χ1v) is 7.67. The van der Waals surface area contributed by atoms with Crippen molar-refractivity contribution in [1.29, 1.82) is 0 Å². The van der Waals surface area contributed by atoms with E-state index in [4.69, 9.17) is 0 Å². The van der Waals surface area contributed by atoms with E-state index in [-0.39, 0.29) is 11.7 Å². The zero-order valence-electron chi connectivity index (χ0n) is 13.0. The normalized spacial score (nSPS) is 10.5. The van der Waals surface area contributed by atoms with E-state index in [1.807, 2.05) is 25.2 Å². The second kappa shape index (κ2) is 8.32. The van der Waals surface area contributed by atoms with Crippen molar-refractivity contribution in [3.8, 4) is 0 Å². The molecule has 22 heavy (non-hydrogen) atoms. The highest BCUT2D eigenvalue weighted by molar-refractivity contribution is 5.75. The minimum Gasteiger partial charge on any atom is -0.345 e. The van der Waals surface area contributed by atoms with Crippen LogP contribution in [0.15, 0.2) is 54.6 Å². The number of nitrogens with zero attached hydrogens (tertiary/aromatic N) is 1. The van der Waals surface area contributed by atoms with Gasteiger partial charge in [0.05, 0.1) is 0 Å². The Morgan fingerprint density at radius 3 is 2.27 bits per heavy atom. The van der Waals surface area contributed by atoms with Gasteiger partial charge in [-0.1, -0.05) is 42.5 Å². The lowest BCUT2D eigenvalue weighted by atomic mass is 10.1. The van der Waals surface area contributed by atoms with Gasteiger partial charge in [-0.3, -0.25) is 4.79 Å². The summed E-state index contributed by atoms with van der Waals surface area (Å²) in [7, 11) is 1.83. The van der Waals surface area contributed by atoms with Gasteiger partial charge in [0.2, 0.25) is 5.91 Å². The average molecular weight is 299 g/mol. The van der Waals surface area contributed by atoms with E-state index in [9.17, 15) is 9.18 Å². The summed E-state index contributed by atoms with van der Waals surface area (Å²) in [6, 6.07) is 16.7. The molecule has 0 aromatic heterocycles. The maximum Gasteiger partial charge on any atom is 0.222 e. The molecule has 0 aliphatic heterocycles. The highest BCUT2D eigenvalue weighted by Crippen LogP contribution is 2.07. The van der Waals surface area contributed by atoms with Gasteiger partial charge in [0.15, 0.2) is 0 Å². The summed E-state index contributed by atoms with van der Waals surface area (Å²) >= 11 is 0. The van der Waals surface area contributed by atoms with Gasteiger partial charge in [0, 0.05) is 20.0 Å². The van der Waals surface area contributed by atoms with Crippen LogP contribution in [0.4, 0.5) is 4.39 Å². The monoisotopic (exact) mass is 299 g/mol. The SMILES string of the molecule is CN(CCc1ccc(F)cc1)C(=O)CCCc1ccccc1. The molecular weight excluding hydrogens is 277 g/mol. The third-order valence-corrected chi connectivity index (χ3v) is 3.77. The molecule has 1 amide bonds. The Morgan fingerprint density at radius 2 is 1.59 bits per heavy atom. The Labute approximate surface area is 131 Å². The van der Waals surface area contributed by atoms with E-state index in [0.29, 0.717) is 13.0 Å². The van der Waals surface area contributed by atoms with E-state index < -0.39 is 0 Å². The molecule has 0 aliphatic carbocycles. The lowest BCUT2D eigenvalue weighted by molar-refractivity contribution is -0.129. The molecule has 116 valence electrons. The fourth-order valence-corrected chi connectivity index (χ4v) is 2.35. The quantitative estimate of drug-likeness (QED) is 0.760. The highest BCUT2D eigenvalue weighted by Gasteiger charge is 2.08. The van der Waals surface area contributed by atoms with Crippen molar-refractivity contribution in [3.05, 3.63) is 71.5 Å². The van der Waals surface area contributed by atoms with Gasteiger partial charge in [-0.25, -0.2) is 4.39 Å². The molecule has 3 heteroatoms. The van der Waals surface area contributed by atoms with Crippen molar-refractivity contribution in [2.45, 2.75) is 25.7 Å². The minimum absolute atomic E-state index is 0.165. The van der Waals surface area contributed by atoms with Gasteiger partial charge in [-0.15, -0.1) is 0 Å². The van der Waals surface area contributed by atoms with Gasteiger partial charge >= 0.3 is 0 Å². The number of hydrogen-bond donors (Lipinski definition) is 0. The molecule has 2 aromatic carbocycles. The molecule has 0 saturated heterocycles. The first-order chi connectivity index (χ1) is 10.6. The Morgan fingerprint density at radius 1 is 0.955 bits per heavy atom. The lowest BCUT2D eigenvalue weighted by Crippen LogP contribution is -2.28. The second-order valence-electron chi connectivity index (χ2n) is 5.53. The minimum atomic E-state index is -0.228. The molecule has 0 radical (unpaired) electrons. The van der Waals surface area contributed by atoms with Crippen molar-refractivity contribution in [2.75, 3.05) is 13.6 Å². The van der Waals surface area contributed by atoms with Crippen LogP contribution in [0.25, 0.3) is 0 Å². The molecule has 0 spiro atoms. The van der Waals surface area contributed by atoms with Crippen LogP contribution in [0.2, 0.25) is 0 Å². The van der Waals surface area contributed by atoms with Gasteiger partial charge in [0.25, 0.3) is 0 Å². The van der Waals surface area contributed by atoms with Crippen LogP contribution < -0.4 is 0 Å². The number of likely N-dealkylation sites (N-methyl/N-ethyl adjacent to an activating group) is 1. The van der Waals surface area contributed by atoms with Gasteiger partial charge < -0.3 is 4.90 Å². The number of rotatable bonds is 7. The number of carbonyl (C=O) groups is 1. The van der Waals surface area contributed by atoms with E-state index in [1.54, 1.807) is 17.0 Å². The van der Waals surface area contributed by atoms with E-state index in [0.717, 1.165) is 24.8 Å². The molecule has 0 heterocycles. The average Bonchev–Trinajstić information content (AvgIpc) is 2.55. The lowest BCUT2D eigenvalue weighted by Gasteiger charge is -2.17. The van der Waals surface area contributed by atoms with Crippen molar-refractivity contribution >= 4 is 5.91 Å². The van der Waals surface area contributed by atoms with Crippen molar-refractivity contribution in [2.24, 2.45) is 0 Å². The molecule has 0 saturated carbocycles. The van der Waals surface area contributed by atoms with Crippen molar-refractivity contribution < 1.29 is 9.18 Å². The Kier molecular flexibility index (Phi) is 6.13. The van der Waals surface area contributed by atoms with Crippen molar-refractivity contribution in [1.82, 2.24) is 4.90 Å². The zero-order valence-corrected chi connectivity index (χ0v) is 13.0. The summed E-state index contributed by atoms with van der Waals surface area (Å²) in [5.41, 5.74) is 2.31. The molecule has 2 rings (SSSR count). The summed E-state index contributed by atoms with van der Waals surface area (Å²) in [5, 5.41) is 0. The number of carbonyl (C=O) groups excluding carboxylic acids is 1. The van der Waals surface area contributed by atoms with Gasteiger partial charge in [-0.2, -0.15) is 0 Å².